The number of hydrogen-bond acceptors (Lipinski definition) is 2. The van der Waals surface area contributed by atoms with Crippen LogP contribution < -0.4 is 0 Å². The molecule has 2 rings (SSSR count). The first-order valence-electron chi connectivity index (χ1n) is 8.07. The van der Waals surface area contributed by atoms with Crippen LogP contribution in [0, 0.1) is 11.8 Å². The average Bonchev–Trinajstić information content (AvgIpc) is 2.42. The van der Waals surface area contributed by atoms with E-state index >= 15 is 0 Å². The summed E-state index contributed by atoms with van der Waals surface area (Å²) in [4.78, 5) is 27.2. The summed E-state index contributed by atoms with van der Waals surface area (Å²) in [6.07, 6.45) is 6.17. The lowest BCUT2D eigenvalue weighted by atomic mass is 9.75. The third-order valence-corrected chi connectivity index (χ3v) is 4.90. The van der Waals surface area contributed by atoms with Gasteiger partial charge in [0.15, 0.2) is 0 Å². The third-order valence-electron chi connectivity index (χ3n) is 4.90. The number of fused-ring (bicyclic) bond motifs is 1. The Balaban J connectivity index is 2.05. The zero-order chi connectivity index (χ0) is 15.6. The zero-order valence-electron chi connectivity index (χ0n) is 13.5. The smallest absolute Gasteiger partial charge is 0.323 e. The number of carboxylic acid groups (broad SMARTS) is 1. The van der Waals surface area contributed by atoms with Gasteiger partial charge in [0, 0.05) is 18.6 Å². The molecule has 0 aromatic heterocycles. The molecule has 1 N–H and O–H groups in total. The molecule has 5 nitrogen and oxygen atoms in total. The Labute approximate surface area is 127 Å². The number of piperidine rings is 1. The third kappa shape index (κ3) is 3.89. The molecule has 2 amide bonds. The average molecular weight is 296 g/mol. The maximum absolute atomic E-state index is 12.7. The van der Waals surface area contributed by atoms with Gasteiger partial charge in [0.1, 0.15) is 6.54 Å². The molecule has 2 fully saturated rings. The van der Waals surface area contributed by atoms with Crippen molar-refractivity contribution in [2.75, 3.05) is 19.6 Å². The van der Waals surface area contributed by atoms with E-state index in [2.05, 4.69) is 0 Å². The molecule has 1 heterocycles. The van der Waals surface area contributed by atoms with Crippen LogP contribution in [0.1, 0.15) is 52.9 Å². The zero-order valence-corrected chi connectivity index (χ0v) is 13.5. The van der Waals surface area contributed by atoms with Crippen LogP contribution in [0.4, 0.5) is 4.79 Å². The SMILES string of the molecule is CC(C)(C)N(CC(=O)O)C(=O)N1CCC2CCCCC2C1. The number of rotatable bonds is 2. The van der Waals surface area contributed by atoms with Gasteiger partial charge in [-0.3, -0.25) is 4.79 Å². The summed E-state index contributed by atoms with van der Waals surface area (Å²) in [7, 11) is 0. The molecule has 0 radical (unpaired) electrons. The van der Waals surface area contributed by atoms with Crippen LogP contribution in [-0.2, 0) is 4.79 Å². The van der Waals surface area contributed by atoms with Gasteiger partial charge in [-0.2, -0.15) is 0 Å². The van der Waals surface area contributed by atoms with E-state index in [-0.39, 0.29) is 12.6 Å². The summed E-state index contributed by atoms with van der Waals surface area (Å²) >= 11 is 0. The second-order valence-electron chi connectivity index (χ2n) is 7.47. The number of likely N-dealkylation sites (tertiary alicyclic amines) is 1. The van der Waals surface area contributed by atoms with Crippen LogP contribution in [0.25, 0.3) is 0 Å². The van der Waals surface area contributed by atoms with Crippen LogP contribution >= 0.6 is 0 Å². The molecule has 1 saturated heterocycles. The largest absolute Gasteiger partial charge is 0.480 e. The molecule has 2 unspecified atom stereocenters. The van der Waals surface area contributed by atoms with Gasteiger partial charge >= 0.3 is 12.0 Å². The normalized spacial score (nSPS) is 26.1. The monoisotopic (exact) mass is 296 g/mol. The molecule has 5 heteroatoms. The van der Waals surface area contributed by atoms with Crippen LogP contribution in [0.2, 0.25) is 0 Å². The minimum atomic E-state index is -0.953. The number of carbonyl (C=O) groups is 2. The number of carboxylic acids is 1. The van der Waals surface area contributed by atoms with E-state index in [9.17, 15) is 9.59 Å². The van der Waals surface area contributed by atoms with Crippen LogP contribution in [0.3, 0.4) is 0 Å². The summed E-state index contributed by atoms with van der Waals surface area (Å²) in [6, 6.07) is -0.117. The molecule has 0 aromatic carbocycles. The Bertz CT molecular complexity index is 403. The van der Waals surface area contributed by atoms with Gasteiger partial charge < -0.3 is 14.9 Å². The molecule has 0 bridgehead atoms. The minimum absolute atomic E-state index is 0.117. The fourth-order valence-corrected chi connectivity index (χ4v) is 3.67. The lowest BCUT2D eigenvalue weighted by Gasteiger charge is -2.45. The van der Waals surface area contributed by atoms with E-state index in [0.717, 1.165) is 25.4 Å². The Kier molecular flexibility index (Phi) is 4.79. The lowest BCUT2D eigenvalue weighted by Crippen LogP contribution is -2.56. The molecule has 2 aliphatic rings. The van der Waals surface area contributed by atoms with Crippen molar-refractivity contribution in [3.05, 3.63) is 0 Å². The van der Waals surface area contributed by atoms with E-state index in [4.69, 9.17) is 5.11 Å². The predicted molar refractivity (Wildman–Crippen MR) is 81.1 cm³/mol. The fraction of sp³-hybridized carbons (Fsp3) is 0.875. The standard InChI is InChI=1S/C16H28N2O3/c1-16(2,3)18(11-14(19)20)15(21)17-9-8-12-6-4-5-7-13(12)10-17/h12-13H,4-11H2,1-3H3,(H,19,20). The van der Waals surface area contributed by atoms with Gasteiger partial charge in [0.25, 0.3) is 0 Å². The number of hydrogen-bond donors (Lipinski definition) is 1. The van der Waals surface area contributed by atoms with E-state index in [1.165, 1.54) is 30.6 Å². The van der Waals surface area contributed by atoms with Crippen molar-refractivity contribution in [1.82, 2.24) is 9.80 Å². The Morgan fingerprint density at radius 1 is 1.14 bits per heavy atom. The molecule has 120 valence electrons. The van der Waals surface area contributed by atoms with Crippen molar-refractivity contribution in [3.63, 3.8) is 0 Å². The molecule has 0 aromatic rings. The topological polar surface area (TPSA) is 60.9 Å². The maximum atomic E-state index is 12.7. The van der Waals surface area contributed by atoms with Gasteiger partial charge in [-0.1, -0.05) is 19.3 Å². The first-order chi connectivity index (χ1) is 9.79. The highest BCUT2D eigenvalue weighted by Crippen LogP contribution is 2.36. The molecule has 1 aliphatic heterocycles. The fourth-order valence-electron chi connectivity index (χ4n) is 3.67. The maximum Gasteiger partial charge on any atom is 0.323 e. The molecule has 0 spiro atoms. The number of nitrogens with zero attached hydrogens (tertiary/aromatic N) is 2. The van der Waals surface area contributed by atoms with Gasteiger partial charge in [-0.15, -0.1) is 0 Å². The summed E-state index contributed by atoms with van der Waals surface area (Å²) in [5.74, 6) is 0.430. The highest BCUT2D eigenvalue weighted by Gasteiger charge is 2.37. The summed E-state index contributed by atoms with van der Waals surface area (Å²) in [6.45, 7) is 7.01. The van der Waals surface area contributed by atoms with E-state index in [0.29, 0.717) is 5.92 Å². The van der Waals surface area contributed by atoms with Crippen molar-refractivity contribution in [3.8, 4) is 0 Å². The molecule has 1 aliphatic carbocycles. The van der Waals surface area contributed by atoms with E-state index < -0.39 is 11.5 Å². The second-order valence-corrected chi connectivity index (χ2v) is 7.47. The molecule has 1 saturated carbocycles. The Morgan fingerprint density at radius 3 is 2.33 bits per heavy atom. The highest BCUT2D eigenvalue weighted by atomic mass is 16.4. The van der Waals surface area contributed by atoms with E-state index in [1.54, 1.807) is 0 Å². The summed E-state index contributed by atoms with van der Waals surface area (Å²) < 4.78 is 0. The Morgan fingerprint density at radius 2 is 1.76 bits per heavy atom. The highest BCUT2D eigenvalue weighted by molar-refractivity contribution is 5.81. The summed E-state index contributed by atoms with van der Waals surface area (Å²) in [5, 5.41) is 9.07. The first kappa shape index (κ1) is 16.1. The van der Waals surface area contributed by atoms with Gasteiger partial charge in [-0.25, -0.2) is 4.79 Å². The number of amides is 2. The summed E-state index contributed by atoms with van der Waals surface area (Å²) in [5.41, 5.74) is -0.473. The van der Waals surface area contributed by atoms with Crippen LogP contribution in [-0.4, -0.2) is 52.1 Å². The van der Waals surface area contributed by atoms with Crippen molar-refractivity contribution in [2.45, 2.75) is 58.4 Å². The van der Waals surface area contributed by atoms with Crippen molar-refractivity contribution < 1.29 is 14.7 Å². The lowest BCUT2D eigenvalue weighted by molar-refractivity contribution is -0.138. The molecule has 21 heavy (non-hydrogen) atoms. The molecular weight excluding hydrogens is 268 g/mol. The number of urea groups is 1. The van der Waals surface area contributed by atoms with Gasteiger partial charge in [0.05, 0.1) is 0 Å². The number of aliphatic carboxylic acids is 1. The van der Waals surface area contributed by atoms with Crippen molar-refractivity contribution in [1.29, 1.82) is 0 Å². The number of carbonyl (C=O) groups excluding carboxylic acids is 1. The Hall–Kier alpha value is -1.26. The van der Waals surface area contributed by atoms with Gasteiger partial charge in [-0.05, 0) is 45.4 Å². The predicted octanol–water partition coefficient (Wildman–Crippen LogP) is 2.80. The minimum Gasteiger partial charge on any atom is -0.480 e. The van der Waals surface area contributed by atoms with Crippen LogP contribution in [0.15, 0.2) is 0 Å². The quantitative estimate of drug-likeness (QED) is 0.852. The molecular formula is C16H28N2O3. The van der Waals surface area contributed by atoms with Crippen LogP contribution in [0.5, 0.6) is 0 Å². The van der Waals surface area contributed by atoms with Crippen molar-refractivity contribution in [2.24, 2.45) is 11.8 Å². The first-order valence-corrected chi connectivity index (χ1v) is 8.07. The van der Waals surface area contributed by atoms with Gasteiger partial charge in [0.2, 0.25) is 0 Å². The molecule has 2 atom stereocenters. The second kappa shape index (κ2) is 6.24. The van der Waals surface area contributed by atoms with E-state index in [1.807, 2.05) is 25.7 Å². The van der Waals surface area contributed by atoms with Crippen molar-refractivity contribution >= 4 is 12.0 Å².